The van der Waals surface area contributed by atoms with Crippen LogP contribution in [0.1, 0.15) is 24.6 Å². The Bertz CT molecular complexity index is 780. The van der Waals surface area contributed by atoms with Gasteiger partial charge in [-0.15, -0.1) is 35.3 Å². The van der Waals surface area contributed by atoms with Gasteiger partial charge in [-0.25, -0.2) is 0 Å². The van der Waals surface area contributed by atoms with Crippen molar-refractivity contribution < 1.29 is 9.47 Å². The first-order valence-corrected chi connectivity index (χ1v) is 11.5. The van der Waals surface area contributed by atoms with E-state index in [9.17, 15) is 0 Å². The lowest BCUT2D eigenvalue weighted by atomic mass is 9.97. The van der Waals surface area contributed by atoms with Gasteiger partial charge in [-0.2, -0.15) is 0 Å². The number of para-hydroxylation sites is 2. The van der Waals surface area contributed by atoms with Gasteiger partial charge in [-0.3, -0.25) is 9.89 Å². The third-order valence-corrected chi connectivity index (χ3v) is 6.26. The number of likely N-dealkylation sites (tertiary alicyclic amines) is 1. The van der Waals surface area contributed by atoms with Gasteiger partial charge < -0.3 is 20.1 Å². The lowest BCUT2D eigenvalue weighted by Crippen LogP contribution is -2.45. The largest absolute Gasteiger partial charge is 0.493 e. The molecule has 1 fully saturated rings. The van der Waals surface area contributed by atoms with Gasteiger partial charge in [0.2, 0.25) is 0 Å². The van der Waals surface area contributed by atoms with Crippen LogP contribution in [0.25, 0.3) is 0 Å². The van der Waals surface area contributed by atoms with Crippen LogP contribution in [0.3, 0.4) is 0 Å². The summed E-state index contributed by atoms with van der Waals surface area (Å²) < 4.78 is 11.4. The Hall–Kier alpha value is -1.52. The lowest BCUT2D eigenvalue weighted by molar-refractivity contribution is 0.179. The number of hydrogen-bond donors (Lipinski definition) is 2. The highest BCUT2D eigenvalue weighted by Crippen LogP contribution is 2.26. The van der Waals surface area contributed by atoms with Crippen molar-refractivity contribution in [1.29, 1.82) is 0 Å². The van der Waals surface area contributed by atoms with E-state index >= 15 is 0 Å². The summed E-state index contributed by atoms with van der Waals surface area (Å²) in [6.45, 7) is 7.08. The molecule has 172 valence electrons. The predicted octanol–water partition coefficient (Wildman–Crippen LogP) is 4.22. The standard InChI is InChI=1S/C23H34N4O2S.HI/c1-18(29-22-9-5-4-8-21(22)28-3)15-25-23(24-2)26-16-19-10-12-27(13-11-19)17-20-7-6-14-30-20;/h4-9,14,18-19H,10-13,15-17H2,1-3H3,(H2,24,25,26);1H. The summed E-state index contributed by atoms with van der Waals surface area (Å²) in [5.74, 6) is 3.01. The van der Waals surface area contributed by atoms with Crippen molar-refractivity contribution in [2.24, 2.45) is 10.9 Å². The van der Waals surface area contributed by atoms with E-state index in [4.69, 9.17) is 9.47 Å². The van der Waals surface area contributed by atoms with E-state index in [2.05, 4.69) is 38.0 Å². The molecule has 1 atom stereocenters. The molecule has 0 radical (unpaired) electrons. The fraction of sp³-hybridized carbons (Fsp3) is 0.522. The number of halogens is 1. The van der Waals surface area contributed by atoms with E-state index in [-0.39, 0.29) is 30.1 Å². The van der Waals surface area contributed by atoms with E-state index in [0.29, 0.717) is 12.5 Å². The maximum absolute atomic E-state index is 6.01. The maximum atomic E-state index is 6.01. The van der Waals surface area contributed by atoms with Crippen LogP contribution in [0.2, 0.25) is 0 Å². The van der Waals surface area contributed by atoms with Crippen LogP contribution in [0.15, 0.2) is 46.8 Å². The molecule has 1 aliphatic rings. The third-order valence-electron chi connectivity index (χ3n) is 5.40. The summed E-state index contributed by atoms with van der Waals surface area (Å²) in [6, 6.07) is 12.1. The number of benzene rings is 1. The average molecular weight is 559 g/mol. The predicted molar refractivity (Wildman–Crippen MR) is 140 cm³/mol. The summed E-state index contributed by atoms with van der Waals surface area (Å²) in [5, 5.41) is 9.01. The minimum absolute atomic E-state index is 0. The molecule has 0 amide bonds. The van der Waals surface area contributed by atoms with Crippen LogP contribution in [-0.4, -0.2) is 57.3 Å². The number of rotatable bonds is 9. The number of nitrogens with zero attached hydrogens (tertiary/aromatic N) is 2. The van der Waals surface area contributed by atoms with Crippen molar-refractivity contribution >= 4 is 41.3 Å². The van der Waals surface area contributed by atoms with Crippen LogP contribution >= 0.6 is 35.3 Å². The van der Waals surface area contributed by atoms with Gasteiger partial charge in [0.05, 0.1) is 13.7 Å². The normalized spacial score (nSPS) is 16.3. The van der Waals surface area contributed by atoms with E-state index in [1.54, 1.807) is 7.11 Å². The Morgan fingerprint density at radius 3 is 2.55 bits per heavy atom. The van der Waals surface area contributed by atoms with Gasteiger partial charge >= 0.3 is 0 Å². The molecule has 3 rings (SSSR count). The molecule has 0 bridgehead atoms. The van der Waals surface area contributed by atoms with E-state index < -0.39 is 0 Å². The van der Waals surface area contributed by atoms with E-state index in [0.717, 1.165) is 30.5 Å². The first kappa shape index (κ1) is 25.7. The second kappa shape index (κ2) is 13.8. The van der Waals surface area contributed by atoms with Gasteiger partial charge in [-0.05, 0) is 62.4 Å². The number of guanidine groups is 1. The maximum Gasteiger partial charge on any atom is 0.191 e. The number of ether oxygens (including phenoxy) is 2. The molecule has 2 aromatic rings. The quantitative estimate of drug-likeness (QED) is 0.274. The van der Waals surface area contributed by atoms with Crippen molar-refractivity contribution in [1.82, 2.24) is 15.5 Å². The number of methoxy groups -OCH3 is 1. The Labute approximate surface area is 207 Å². The summed E-state index contributed by atoms with van der Waals surface area (Å²) in [4.78, 5) is 8.38. The molecule has 0 aliphatic carbocycles. The highest BCUT2D eigenvalue weighted by molar-refractivity contribution is 14.0. The van der Waals surface area contributed by atoms with Crippen LogP contribution in [0.5, 0.6) is 11.5 Å². The Morgan fingerprint density at radius 1 is 1.16 bits per heavy atom. The molecule has 8 heteroatoms. The summed E-state index contributed by atoms with van der Waals surface area (Å²) in [6.07, 6.45) is 2.44. The number of thiophene rings is 1. The second-order valence-corrected chi connectivity index (χ2v) is 8.74. The molecule has 2 heterocycles. The van der Waals surface area contributed by atoms with Gasteiger partial charge in [-0.1, -0.05) is 18.2 Å². The molecule has 1 aliphatic heterocycles. The zero-order valence-electron chi connectivity index (χ0n) is 18.7. The molecule has 1 aromatic carbocycles. The second-order valence-electron chi connectivity index (χ2n) is 7.71. The zero-order valence-corrected chi connectivity index (χ0v) is 21.8. The molecule has 0 saturated carbocycles. The van der Waals surface area contributed by atoms with Crippen LogP contribution in [0, 0.1) is 5.92 Å². The molecule has 2 N–H and O–H groups in total. The molecular weight excluding hydrogens is 523 g/mol. The van der Waals surface area contributed by atoms with Crippen molar-refractivity contribution in [3.63, 3.8) is 0 Å². The molecule has 1 saturated heterocycles. The Kier molecular flexibility index (Phi) is 11.5. The fourth-order valence-corrected chi connectivity index (χ4v) is 4.39. The highest BCUT2D eigenvalue weighted by Gasteiger charge is 2.20. The molecule has 0 spiro atoms. The number of nitrogens with one attached hydrogen (secondary N) is 2. The molecule has 1 unspecified atom stereocenters. The Balaban J connectivity index is 0.00000341. The summed E-state index contributed by atoms with van der Waals surface area (Å²) >= 11 is 1.85. The smallest absolute Gasteiger partial charge is 0.191 e. The minimum Gasteiger partial charge on any atom is -0.493 e. The fourth-order valence-electron chi connectivity index (χ4n) is 3.65. The van der Waals surface area contributed by atoms with Crippen LogP contribution < -0.4 is 20.1 Å². The van der Waals surface area contributed by atoms with Crippen LogP contribution in [0.4, 0.5) is 0 Å². The van der Waals surface area contributed by atoms with Crippen LogP contribution in [-0.2, 0) is 6.54 Å². The topological polar surface area (TPSA) is 58.1 Å². The van der Waals surface area contributed by atoms with Gasteiger partial charge in [0, 0.05) is 25.0 Å². The molecule has 1 aromatic heterocycles. The average Bonchev–Trinajstić information content (AvgIpc) is 3.28. The molecule has 6 nitrogen and oxygen atoms in total. The highest BCUT2D eigenvalue weighted by atomic mass is 127. The van der Waals surface area contributed by atoms with E-state index in [1.165, 1.54) is 30.8 Å². The molecule has 31 heavy (non-hydrogen) atoms. The first-order chi connectivity index (χ1) is 14.7. The third kappa shape index (κ3) is 8.50. The lowest BCUT2D eigenvalue weighted by Gasteiger charge is -2.32. The van der Waals surface area contributed by atoms with Crippen molar-refractivity contribution in [3.8, 4) is 11.5 Å². The molecular formula is C23H35IN4O2S. The minimum atomic E-state index is -0.0136. The van der Waals surface area contributed by atoms with Gasteiger partial charge in [0.1, 0.15) is 6.10 Å². The van der Waals surface area contributed by atoms with Crippen molar-refractivity contribution in [3.05, 3.63) is 46.7 Å². The van der Waals surface area contributed by atoms with Crippen molar-refractivity contribution in [2.75, 3.05) is 40.3 Å². The number of aliphatic imine (C=N–C) groups is 1. The number of hydrogen-bond acceptors (Lipinski definition) is 5. The SMILES string of the molecule is CN=C(NCC1CCN(Cc2cccs2)CC1)NCC(C)Oc1ccccc1OC.I. The van der Waals surface area contributed by atoms with Gasteiger partial charge in [0.25, 0.3) is 0 Å². The van der Waals surface area contributed by atoms with Gasteiger partial charge in [0.15, 0.2) is 17.5 Å². The zero-order chi connectivity index (χ0) is 21.2. The summed E-state index contributed by atoms with van der Waals surface area (Å²) in [7, 11) is 3.47. The number of piperidine rings is 1. The van der Waals surface area contributed by atoms with Crippen molar-refractivity contribution in [2.45, 2.75) is 32.4 Å². The Morgan fingerprint density at radius 2 is 1.90 bits per heavy atom. The van der Waals surface area contributed by atoms with E-state index in [1.807, 2.05) is 49.6 Å². The summed E-state index contributed by atoms with van der Waals surface area (Å²) in [5.41, 5.74) is 0. The monoisotopic (exact) mass is 558 g/mol. The first-order valence-electron chi connectivity index (χ1n) is 10.7.